The predicted molar refractivity (Wildman–Crippen MR) is 94.9 cm³/mol. The number of esters is 1. The molecule has 0 aromatic heterocycles. The Morgan fingerprint density at radius 3 is 2.63 bits per heavy atom. The number of carboxylic acids is 1. The van der Waals surface area contributed by atoms with E-state index < -0.39 is 30.2 Å². The van der Waals surface area contributed by atoms with Gasteiger partial charge in [-0.3, -0.25) is 4.79 Å². The van der Waals surface area contributed by atoms with E-state index in [9.17, 15) is 14.4 Å². The van der Waals surface area contributed by atoms with Gasteiger partial charge in [-0.05, 0) is 31.7 Å². The van der Waals surface area contributed by atoms with Gasteiger partial charge in [0, 0.05) is 6.42 Å². The largest absolute Gasteiger partial charge is 0.481 e. The molecule has 1 aromatic rings. The lowest BCUT2D eigenvalue weighted by molar-refractivity contribution is -0.160. The quantitative estimate of drug-likeness (QED) is 0.666. The highest BCUT2D eigenvalue weighted by molar-refractivity contribution is 5.82. The zero-order valence-electron chi connectivity index (χ0n) is 15.3. The van der Waals surface area contributed by atoms with Crippen LogP contribution in [0.1, 0.15) is 38.2 Å². The van der Waals surface area contributed by atoms with Crippen LogP contribution in [0.4, 0.5) is 4.79 Å². The molecule has 1 saturated heterocycles. The van der Waals surface area contributed by atoms with Crippen LogP contribution in [0.5, 0.6) is 0 Å². The van der Waals surface area contributed by atoms with Crippen molar-refractivity contribution in [2.24, 2.45) is 0 Å². The molecule has 1 amide bonds. The number of rotatable bonds is 8. The average molecular weight is 379 g/mol. The molecule has 0 spiro atoms. The molecule has 0 aliphatic carbocycles. The Kier molecular flexibility index (Phi) is 8.06. The fraction of sp³-hybridized carbons (Fsp3) is 0.526. The molecule has 8 nitrogen and oxygen atoms in total. The van der Waals surface area contributed by atoms with Gasteiger partial charge in [0.15, 0.2) is 0 Å². The van der Waals surface area contributed by atoms with Crippen LogP contribution in [0.25, 0.3) is 0 Å². The highest BCUT2D eigenvalue weighted by Crippen LogP contribution is 2.16. The van der Waals surface area contributed by atoms with E-state index in [1.54, 1.807) is 12.1 Å². The van der Waals surface area contributed by atoms with E-state index in [0.717, 1.165) is 12.0 Å². The van der Waals surface area contributed by atoms with E-state index in [0.29, 0.717) is 6.42 Å². The fourth-order valence-corrected chi connectivity index (χ4v) is 2.62. The van der Waals surface area contributed by atoms with Crippen molar-refractivity contribution in [3.63, 3.8) is 0 Å². The third-order valence-corrected chi connectivity index (χ3v) is 4.18. The van der Waals surface area contributed by atoms with Crippen molar-refractivity contribution >= 4 is 18.0 Å². The third-order valence-electron chi connectivity index (χ3n) is 4.18. The molecule has 27 heavy (non-hydrogen) atoms. The van der Waals surface area contributed by atoms with Crippen LogP contribution in [0.15, 0.2) is 30.3 Å². The first-order chi connectivity index (χ1) is 12.9. The molecule has 1 aliphatic rings. The molecule has 2 unspecified atom stereocenters. The van der Waals surface area contributed by atoms with Crippen molar-refractivity contribution < 1.29 is 33.7 Å². The maximum absolute atomic E-state index is 12.4. The van der Waals surface area contributed by atoms with Crippen molar-refractivity contribution in [2.45, 2.75) is 57.5 Å². The maximum Gasteiger partial charge on any atom is 0.408 e. The molecule has 2 rings (SSSR count). The van der Waals surface area contributed by atoms with Crippen molar-refractivity contribution in [1.29, 1.82) is 0 Å². The number of carbonyl (C=O) groups excluding carboxylic acids is 2. The molecule has 0 bridgehead atoms. The number of nitrogens with one attached hydrogen (secondary N) is 1. The SMILES string of the molecule is CC1CCC(OC(=O)[C@@H](CCC(=O)O)NC(=O)OCc2ccccc2)CO1. The van der Waals surface area contributed by atoms with Gasteiger partial charge in [0.05, 0.1) is 12.7 Å². The number of ether oxygens (including phenoxy) is 3. The molecule has 0 saturated carbocycles. The van der Waals surface area contributed by atoms with E-state index in [4.69, 9.17) is 19.3 Å². The molecule has 148 valence electrons. The third kappa shape index (κ3) is 7.65. The zero-order valence-corrected chi connectivity index (χ0v) is 15.3. The minimum Gasteiger partial charge on any atom is -0.481 e. The summed E-state index contributed by atoms with van der Waals surface area (Å²) in [6.45, 7) is 2.27. The molecule has 1 heterocycles. The van der Waals surface area contributed by atoms with Gasteiger partial charge < -0.3 is 24.6 Å². The zero-order chi connectivity index (χ0) is 19.6. The van der Waals surface area contributed by atoms with Crippen LogP contribution in [0.3, 0.4) is 0 Å². The van der Waals surface area contributed by atoms with E-state index >= 15 is 0 Å². The molecule has 2 N–H and O–H groups in total. The second-order valence-electron chi connectivity index (χ2n) is 6.47. The van der Waals surface area contributed by atoms with Crippen LogP contribution in [0, 0.1) is 0 Å². The number of amides is 1. The van der Waals surface area contributed by atoms with Crippen LogP contribution in [-0.4, -0.2) is 48.0 Å². The number of alkyl carbamates (subject to hydrolysis) is 1. The number of carbonyl (C=O) groups is 3. The van der Waals surface area contributed by atoms with E-state index in [2.05, 4.69) is 5.32 Å². The summed E-state index contributed by atoms with van der Waals surface area (Å²) in [6, 6.07) is 7.98. The highest BCUT2D eigenvalue weighted by atomic mass is 16.6. The van der Waals surface area contributed by atoms with E-state index in [1.165, 1.54) is 0 Å². The summed E-state index contributed by atoms with van der Waals surface area (Å²) in [7, 11) is 0. The summed E-state index contributed by atoms with van der Waals surface area (Å²) in [4.78, 5) is 35.2. The molecule has 3 atom stereocenters. The Hall–Kier alpha value is -2.61. The number of benzene rings is 1. The second-order valence-corrected chi connectivity index (χ2v) is 6.47. The highest BCUT2D eigenvalue weighted by Gasteiger charge is 2.28. The fourth-order valence-electron chi connectivity index (χ4n) is 2.62. The van der Waals surface area contributed by atoms with Gasteiger partial charge in [0.2, 0.25) is 0 Å². The number of hydrogen-bond acceptors (Lipinski definition) is 6. The minimum absolute atomic E-state index is 0.0434. The normalized spacial score (nSPS) is 20.3. The molecule has 1 aromatic carbocycles. The maximum atomic E-state index is 12.4. The van der Waals surface area contributed by atoms with E-state index in [-0.39, 0.29) is 32.2 Å². The lowest BCUT2D eigenvalue weighted by Gasteiger charge is -2.28. The smallest absolute Gasteiger partial charge is 0.408 e. The van der Waals surface area contributed by atoms with Crippen LogP contribution in [-0.2, 0) is 30.4 Å². The Morgan fingerprint density at radius 2 is 2.00 bits per heavy atom. The molecular weight excluding hydrogens is 354 g/mol. The summed E-state index contributed by atoms with van der Waals surface area (Å²) in [5, 5.41) is 11.3. The van der Waals surface area contributed by atoms with Gasteiger partial charge >= 0.3 is 18.0 Å². The standard InChI is InChI=1S/C19H25NO7/c1-13-7-8-15(12-25-13)27-18(23)16(9-10-17(21)22)20-19(24)26-11-14-5-3-2-4-6-14/h2-6,13,15-16H,7-12H2,1H3,(H,20,24)(H,21,22)/t13?,15?,16-/m1/s1. The molecule has 0 radical (unpaired) electrons. The summed E-state index contributed by atoms with van der Waals surface area (Å²) >= 11 is 0. The van der Waals surface area contributed by atoms with Crippen molar-refractivity contribution in [3.8, 4) is 0 Å². The Labute approximate surface area is 157 Å². The van der Waals surface area contributed by atoms with Gasteiger partial charge in [0.25, 0.3) is 0 Å². The van der Waals surface area contributed by atoms with Crippen LogP contribution >= 0.6 is 0 Å². The summed E-state index contributed by atoms with van der Waals surface area (Å²) < 4.78 is 15.9. The Morgan fingerprint density at radius 1 is 1.26 bits per heavy atom. The summed E-state index contributed by atoms with van der Waals surface area (Å²) in [5.41, 5.74) is 0.797. The molecule has 1 aliphatic heterocycles. The summed E-state index contributed by atoms with van der Waals surface area (Å²) in [5.74, 6) is -1.75. The van der Waals surface area contributed by atoms with E-state index in [1.807, 2.05) is 25.1 Å². The Balaban J connectivity index is 1.86. The van der Waals surface area contributed by atoms with Crippen LogP contribution in [0.2, 0.25) is 0 Å². The average Bonchev–Trinajstić information content (AvgIpc) is 2.66. The number of carboxylic acid groups (broad SMARTS) is 1. The first-order valence-corrected chi connectivity index (χ1v) is 8.95. The van der Waals surface area contributed by atoms with Gasteiger partial charge in [0.1, 0.15) is 18.8 Å². The number of aliphatic carboxylic acids is 1. The van der Waals surface area contributed by atoms with Gasteiger partial charge in [-0.1, -0.05) is 30.3 Å². The van der Waals surface area contributed by atoms with Crippen molar-refractivity contribution in [1.82, 2.24) is 5.32 Å². The lowest BCUT2D eigenvalue weighted by Crippen LogP contribution is -2.44. The molecule has 1 fully saturated rings. The second kappa shape index (κ2) is 10.5. The first-order valence-electron chi connectivity index (χ1n) is 8.95. The first kappa shape index (κ1) is 20.7. The Bertz CT molecular complexity index is 626. The van der Waals surface area contributed by atoms with Crippen molar-refractivity contribution in [3.05, 3.63) is 35.9 Å². The topological polar surface area (TPSA) is 111 Å². The minimum atomic E-state index is -1.09. The van der Waals surface area contributed by atoms with Gasteiger partial charge in [-0.2, -0.15) is 0 Å². The molecular formula is C19H25NO7. The summed E-state index contributed by atoms with van der Waals surface area (Å²) in [6.07, 6.45) is -0.0201. The monoisotopic (exact) mass is 379 g/mol. The van der Waals surface area contributed by atoms with Gasteiger partial charge in [-0.15, -0.1) is 0 Å². The number of hydrogen-bond donors (Lipinski definition) is 2. The predicted octanol–water partition coefficient (Wildman–Crippen LogP) is 2.26. The van der Waals surface area contributed by atoms with Crippen molar-refractivity contribution in [2.75, 3.05) is 6.61 Å². The lowest BCUT2D eigenvalue weighted by atomic mass is 10.1. The molecule has 8 heteroatoms. The van der Waals surface area contributed by atoms with Gasteiger partial charge in [-0.25, -0.2) is 9.59 Å². The van der Waals surface area contributed by atoms with Crippen LogP contribution < -0.4 is 5.32 Å².